The fourth-order valence-corrected chi connectivity index (χ4v) is 1.04. The SMILES string of the molecule is Cc1cnc(N)c(-c2nc(C)no2)n1. The molecule has 2 aromatic rings. The van der Waals surface area contributed by atoms with Crippen LogP contribution in [0.2, 0.25) is 0 Å². The van der Waals surface area contributed by atoms with Gasteiger partial charge in [-0.05, 0) is 13.8 Å². The molecule has 0 saturated heterocycles. The summed E-state index contributed by atoms with van der Waals surface area (Å²) in [6, 6.07) is 0. The molecule has 6 nitrogen and oxygen atoms in total. The van der Waals surface area contributed by atoms with Gasteiger partial charge in [0.15, 0.2) is 17.3 Å². The number of hydrogen-bond donors (Lipinski definition) is 1. The monoisotopic (exact) mass is 191 g/mol. The number of hydrogen-bond acceptors (Lipinski definition) is 6. The van der Waals surface area contributed by atoms with E-state index in [1.54, 1.807) is 13.1 Å². The van der Waals surface area contributed by atoms with Gasteiger partial charge in [-0.2, -0.15) is 4.98 Å². The van der Waals surface area contributed by atoms with Crippen LogP contribution in [-0.2, 0) is 0 Å². The Morgan fingerprint density at radius 1 is 1.29 bits per heavy atom. The average Bonchev–Trinajstić information content (AvgIpc) is 2.56. The molecule has 0 radical (unpaired) electrons. The zero-order chi connectivity index (χ0) is 10.1. The third-order valence-electron chi connectivity index (χ3n) is 1.65. The van der Waals surface area contributed by atoms with Crippen molar-refractivity contribution >= 4 is 5.82 Å². The van der Waals surface area contributed by atoms with Gasteiger partial charge in [-0.15, -0.1) is 0 Å². The minimum absolute atomic E-state index is 0.291. The van der Waals surface area contributed by atoms with Crippen LogP contribution in [0.3, 0.4) is 0 Å². The normalized spacial score (nSPS) is 10.4. The summed E-state index contributed by atoms with van der Waals surface area (Å²) in [7, 11) is 0. The predicted molar refractivity (Wildman–Crippen MR) is 49.2 cm³/mol. The highest BCUT2D eigenvalue weighted by Crippen LogP contribution is 2.19. The average molecular weight is 191 g/mol. The summed E-state index contributed by atoms with van der Waals surface area (Å²) in [4.78, 5) is 12.1. The van der Waals surface area contributed by atoms with E-state index in [0.29, 0.717) is 23.2 Å². The first-order valence-electron chi connectivity index (χ1n) is 4.06. The van der Waals surface area contributed by atoms with Crippen LogP contribution in [0.4, 0.5) is 5.82 Å². The van der Waals surface area contributed by atoms with Crippen LogP contribution in [0, 0.1) is 13.8 Å². The van der Waals surface area contributed by atoms with Gasteiger partial charge in [-0.1, -0.05) is 5.16 Å². The number of rotatable bonds is 1. The highest BCUT2D eigenvalue weighted by molar-refractivity contribution is 5.61. The summed E-state index contributed by atoms with van der Waals surface area (Å²) < 4.78 is 4.94. The quantitative estimate of drug-likeness (QED) is 0.714. The molecule has 0 spiro atoms. The predicted octanol–water partition coefficient (Wildman–Crippen LogP) is 0.726. The third-order valence-corrected chi connectivity index (χ3v) is 1.65. The van der Waals surface area contributed by atoms with Gasteiger partial charge in [0, 0.05) is 0 Å². The molecule has 0 aliphatic heterocycles. The zero-order valence-corrected chi connectivity index (χ0v) is 7.85. The molecule has 2 rings (SSSR count). The summed E-state index contributed by atoms with van der Waals surface area (Å²) in [5.74, 6) is 1.14. The van der Waals surface area contributed by atoms with Crippen LogP contribution in [0.15, 0.2) is 10.7 Å². The van der Waals surface area contributed by atoms with Crippen molar-refractivity contribution in [2.45, 2.75) is 13.8 Å². The number of nitrogens with two attached hydrogens (primary N) is 1. The number of anilines is 1. The molecular formula is C8H9N5O. The van der Waals surface area contributed by atoms with E-state index in [1.165, 1.54) is 0 Å². The second-order valence-corrected chi connectivity index (χ2v) is 2.89. The smallest absolute Gasteiger partial charge is 0.280 e. The lowest BCUT2D eigenvalue weighted by Crippen LogP contribution is -1.98. The first-order chi connectivity index (χ1) is 6.66. The van der Waals surface area contributed by atoms with E-state index in [2.05, 4.69) is 20.1 Å². The van der Waals surface area contributed by atoms with Gasteiger partial charge in [0.25, 0.3) is 5.89 Å². The van der Waals surface area contributed by atoms with Gasteiger partial charge < -0.3 is 10.3 Å². The molecule has 0 fully saturated rings. The van der Waals surface area contributed by atoms with E-state index in [9.17, 15) is 0 Å². The number of nitrogens with zero attached hydrogens (tertiary/aromatic N) is 4. The molecule has 0 bridgehead atoms. The van der Waals surface area contributed by atoms with Crippen molar-refractivity contribution in [3.05, 3.63) is 17.7 Å². The van der Waals surface area contributed by atoms with Crippen molar-refractivity contribution in [1.29, 1.82) is 0 Å². The Kier molecular flexibility index (Phi) is 1.88. The van der Waals surface area contributed by atoms with E-state index in [-0.39, 0.29) is 0 Å². The molecule has 14 heavy (non-hydrogen) atoms. The Morgan fingerprint density at radius 3 is 2.71 bits per heavy atom. The Labute approximate surface area is 80.2 Å². The Hall–Kier alpha value is -1.98. The largest absolute Gasteiger partial charge is 0.382 e. The van der Waals surface area contributed by atoms with E-state index in [4.69, 9.17) is 10.3 Å². The standard InChI is InChI=1S/C8H9N5O/c1-4-3-10-7(9)6(11-4)8-12-5(2)13-14-8/h3H,1-2H3,(H2,9,10). The molecule has 6 heteroatoms. The molecular weight excluding hydrogens is 182 g/mol. The van der Waals surface area contributed by atoms with Crippen LogP contribution >= 0.6 is 0 Å². The summed E-state index contributed by atoms with van der Waals surface area (Å²) in [6.45, 7) is 3.55. The molecule has 72 valence electrons. The molecule has 2 aromatic heterocycles. The Morgan fingerprint density at radius 2 is 2.07 bits per heavy atom. The molecule has 0 aromatic carbocycles. The minimum Gasteiger partial charge on any atom is -0.382 e. The summed E-state index contributed by atoms with van der Waals surface area (Å²) in [6.07, 6.45) is 1.59. The molecule has 0 saturated carbocycles. The van der Waals surface area contributed by atoms with Crippen LogP contribution in [-0.4, -0.2) is 20.1 Å². The topological polar surface area (TPSA) is 90.7 Å². The molecule has 0 unspecified atom stereocenters. The first-order valence-corrected chi connectivity index (χ1v) is 4.06. The second-order valence-electron chi connectivity index (χ2n) is 2.89. The maximum atomic E-state index is 5.63. The molecule has 0 aliphatic carbocycles. The Balaban J connectivity index is 2.55. The fraction of sp³-hybridized carbons (Fsp3) is 0.250. The number of aryl methyl sites for hydroxylation is 2. The van der Waals surface area contributed by atoms with Crippen LogP contribution in [0.1, 0.15) is 11.5 Å². The lowest BCUT2D eigenvalue weighted by molar-refractivity contribution is 0.424. The molecule has 0 aliphatic rings. The number of aromatic nitrogens is 4. The molecule has 2 heterocycles. The summed E-state index contributed by atoms with van der Waals surface area (Å²) in [5, 5.41) is 3.65. The first kappa shape index (κ1) is 8.61. The number of nitrogen functional groups attached to an aromatic ring is 1. The highest BCUT2D eigenvalue weighted by Gasteiger charge is 2.12. The van der Waals surface area contributed by atoms with Crippen molar-refractivity contribution in [3.63, 3.8) is 0 Å². The lowest BCUT2D eigenvalue weighted by atomic mass is 10.4. The van der Waals surface area contributed by atoms with Gasteiger partial charge in [0.2, 0.25) is 0 Å². The minimum atomic E-state index is 0.291. The van der Waals surface area contributed by atoms with E-state index >= 15 is 0 Å². The molecule has 0 amide bonds. The summed E-state index contributed by atoms with van der Waals surface area (Å²) in [5.41, 5.74) is 6.82. The van der Waals surface area contributed by atoms with E-state index < -0.39 is 0 Å². The maximum Gasteiger partial charge on any atom is 0.280 e. The molecule has 0 atom stereocenters. The van der Waals surface area contributed by atoms with Gasteiger partial charge in [-0.3, -0.25) is 0 Å². The van der Waals surface area contributed by atoms with Crippen molar-refractivity contribution in [2.75, 3.05) is 5.73 Å². The van der Waals surface area contributed by atoms with Crippen molar-refractivity contribution in [3.8, 4) is 11.6 Å². The van der Waals surface area contributed by atoms with Crippen molar-refractivity contribution in [1.82, 2.24) is 20.1 Å². The van der Waals surface area contributed by atoms with Crippen LogP contribution in [0.25, 0.3) is 11.6 Å². The third kappa shape index (κ3) is 1.41. The van der Waals surface area contributed by atoms with Crippen molar-refractivity contribution in [2.24, 2.45) is 0 Å². The fourth-order valence-electron chi connectivity index (χ4n) is 1.04. The zero-order valence-electron chi connectivity index (χ0n) is 7.85. The van der Waals surface area contributed by atoms with E-state index in [0.717, 1.165) is 5.69 Å². The molecule has 2 N–H and O–H groups in total. The summed E-state index contributed by atoms with van der Waals surface area (Å²) >= 11 is 0. The van der Waals surface area contributed by atoms with Crippen LogP contribution < -0.4 is 5.73 Å². The van der Waals surface area contributed by atoms with Gasteiger partial charge in [0.05, 0.1) is 11.9 Å². The van der Waals surface area contributed by atoms with Gasteiger partial charge >= 0.3 is 0 Å². The van der Waals surface area contributed by atoms with Crippen molar-refractivity contribution < 1.29 is 4.52 Å². The second kappa shape index (κ2) is 3.06. The van der Waals surface area contributed by atoms with Crippen LogP contribution in [0.5, 0.6) is 0 Å². The Bertz CT molecular complexity index is 465. The van der Waals surface area contributed by atoms with E-state index in [1.807, 2.05) is 6.92 Å². The highest BCUT2D eigenvalue weighted by atomic mass is 16.5. The lowest BCUT2D eigenvalue weighted by Gasteiger charge is -1.98. The maximum absolute atomic E-state index is 5.63. The van der Waals surface area contributed by atoms with Gasteiger partial charge in [-0.25, -0.2) is 9.97 Å². The van der Waals surface area contributed by atoms with Gasteiger partial charge in [0.1, 0.15) is 0 Å².